The summed E-state index contributed by atoms with van der Waals surface area (Å²) < 4.78 is 54.0. The maximum atomic E-state index is 13.9. The summed E-state index contributed by atoms with van der Waals surface area (Å²) in [6, 6.07) is 11.8. The van der Waals surface area contributed by atoms with Gasteiger partial charge in [-0.15, -0.1) is 0 Å². The topological polar surface area (TPSA) is 64.4 Å². The number of halogens is 2. The lowest BCUT2D eigenvalue weighted by atomic mass is 10.1. The Hall–Kier alpha value is -2.34. The molecule has 0 unspecified atom stereocenters. The van der Waals surface area contributed by atoms with E-state index in [0.717, 1.165) is 23.8 Å². The summed E-state index contributed by atoms with van der Waals surface area (Å²) in [6.45, 7) is 2.26. The Bertz CT molecular complexity index is 956. The van der Waals surface area contributed by atoms with Crippen molar-refractivity contribution in [1.82, 2.24) is 9.21 Å². The molecule has 0 radical (unpaired) electrons. The minimum Gasteiger partial charge on any atom is -0.298 e. The fourth-order valence-electron chi connectivity index (χ4n) is 3.10. The lowest BCUT2D eigenvalue weighted by Gasteiger charge is -2.22. The van der Waals surface area contributed by atoms with Gasteiger partial charge in [0.25, 0.3) is 0 Å². The van der Waals surface area contributed by atoms with Gasteiger partial charge in [-0.2, -0.15) is 9.57 Å². The quantitative estimate of drug-likeness (QED) is 0.804. The van der Waals surface area contributed by atoms with E-state index in [9.17, 15) is 17.2 Å². The molecule has 0 aliphatic carbocycles. The van der Waals surface area contributed by atoms with Gasteiger partial charge in [0.1, 0.15) is 16.5 Å². The van der Waals surface area contributed by atoms with Crippen LogP contribution in [0.2, 0.25) is 0 Å². The van der Waals surface area contributed by atoms with Gasteiger partial charge in [0.15, 0.2) is 0 Å². The van der Waals surface area contributed by atoms with Gasteiger partial charge in [0.2, 0.25) is 10.0 Å². The first kappa shape index (κ1) is 19.4. The van der Waals surface area contributed by atoms with Crippen molar-refractivity contribution in [1.29, 1.82) is 5.26 Å². The molecule has 0 amide bonds. The van der Waals surface area contributed by atoms with Crippen LogP contribution in [-0.4, -0.2) is 43.8 Å². The maximum Gasteiger partial charge on any atom is 0.246 e. The zero-order valence-corrected chi connectivity index (χ0v) is 15.4. The highest BCUT2D eigenvalue weighted by molar-refractivity contribution is 7.89. The van der Waals surface area contributed by atoms with Gasteiger partial charge in [0.05, 0.1) is 11.6 Å². The molecular formula is C19H19F2N3O2S. The highest BCUT2D eigenvalue weighted by atomic mass is 32.2. The predicted octanol–water partition coefficient (Wildman–Crippen LogP) is 2.73. The summed E-state index contributed by atoms with van der Waals surface area (Å²) in [5.41, 5.74) is 1.62. The van der Waals surface area contributed by atoms with Gasteiger partial charge in [-0.25, -0.2) is 17.2 Å². The highest BCUT2D eigenvalue weighted by Crippen LogP contribution is 2.22. The number of rotatable bonds is 4. The van der Waals surface area contributed by atoms with Crippen molar-refractivity contribution in [3.63, 3.8) is 0 Å². The molecule has 1 fully saturated rings. The standard InChI is InChI=1S/C19H19F2N3O2S/c20-17-6-7-18(21)19(12-17)27(25,26)24-9-1-8-23(10-11-24)14-16-4-2-15(13-22)3-5-16/h2-7,12H,1,8-11,14H2. The number of nitrogens with zero attached hydrogens (tertiary/aromatic N) is 3. The van der Waals surface area contributed by atoms with Gasteiger partial charge in [-0.1, -0.05) is 12.1 Å². The van der Waals surface area contributed by atoms with Crippen LogP contribution in [0.4, 0.5) is 8.78 Å². The monoisotopic (exact) mass is 391 g/mol. The molecule has 142 valence electrons. The first-order valence-corrected chi connectivity index (χ1v) is 10.0. The average molecular weight is 391 g/mol. The lowest BCUT2D eigenvalue weighted by molar-refractivity contribution is 0.278. The summed E-state index contributed by atoms with van der Waals surface area (Å²) in [5.74, 6) is -1.73. The Morgan fingerprint density at radius 2 is 1.74 bits per heavy atom. The van der Waals surface area contributed by atoms with E-state index in [-0.39, 0.29) is 13.1 Å². The van der Waals surface area contributed by atoms with Gasteiger partial charge < -0.3 is 0 Å². The Morgan fingerprint density at radius 3 is 2.44 bits per heavy atom. The van der Waals surface area contributed by atoms with Crippen LogP contribution >= 0.6 is 0 Å². The molecule has 1 aliphatic heterocycles. The number of hydrogen-bond acceptors (Lipinski definition) is 4. The SMILES string of the molecule is N#Cc1ccc(CN2CCCN(S(=O)(=O)c3cc(F)ccc3F)CC2)cc1. The Labute approximate surface area is 157 Å². The molecule has 27 heavy (non-hydrogen) atoms. The van der Waals surface area contributed by atoms with Crippen molar-refractivity contribution in [3.8, 4) is 6.07 Å². The average Bonchev–Trinajstić information content (AvgIpc) is 2.90. The van der Waals surface area contributed by atoms with Gasteiger partial charge in [-0.05, 0) is 48.9 Å². The van der Waals surface area contributed by atoms with E-state index in [4.69, 9.17) is 5.26 Å². The molecule has 2 aromatic carbocycles. The first-order chi connectivity index (χ1) is 12.9. The third-order valence-corrected chi connectivity index (χ3v) is 6.46. The minimum atomic E-state index is -4.09. The molecule has 1 heterocycles. The molecule has 0 bridgehead atoms. The van der Waals surface area contributed by atoms with E-state index in [1.165, 1.54) is 4.31 Å². The Kier molecular flexibility index (Phi) is 5.85. The zero-order chi connectivity index (χ0) is 19.4. The van der Waals surface area contributed by atoms with Crippen LogP contribution in [0.15, 0.2) is 47.4 Å². The second-order valence-electron chi connectivity index (χ2n) is 6.42. The van der Waals surface area contributed by atoms with Crippen LogP contribution in [0.5, 0.6) is 0 Å². The molecule has 1 saturated heterocycles. The molecule has 5 nitrogen and oxygen atoms in total. The molecule has 0 atom stereocenters. The first-order valence-electron chi connectivity index (χ1n) is 8.57. The van der Waals surface area contributed by atoms with Crippen molar-refractivity contribution in [2.24, 2.45) is 0 Å². The molecule has 0 N–H and O–H groups in total. The molecule has 0 saturated carbocycles. The molecule has 1 aliphatic rings. The largest absolute Gasteiger partial charge is 0.298 e. The van der Waals surface area contributed by atoms with Gasteiger partial charge in [-0.3, -0.25) is 4.90 Å². The number of hydrogen-bond donors (Lipinski definition) is 0. The third kappa shape index (κ3) is 4.50. The van der Waals surface area contributed by atoms with Crippen LogP contribution in [0, 0.1) is 23.0 Å². The summed E-state index contributed by atoms with van der Waals surface area (Å²) in [4.78, 5) is 1.49. The Morgan fingerprint density at radius 1 is 1.00 bits per heavy atom. The normalized spacial score (nSPS) is 16.6. The molecule has 8 heteroatoms. The van der Waals surface area contributed by atoms with Crippen molar-refractivity contribution in [3.05, 3.63) is 65.2 Å². The molecule has 0 spiro atoms. The third-order valence-electron chi connectivity index (χ3n) is 4.55. The summed E-state index contributed by atoms with van der Waals surface area (Å²) in [7, 11) is -4.09. The number of benzene rings is 2. The fraction of sp³-hybridized carbons (Fsp3) is 0.316. The van der Waals surface area contributed by atoms with Crippen LogP contribution in [0.3, 0.4) is 0 Å². The fourth-order valence-corrected chi connectivity index (χ4v) is 4.65. The number of sulfonamides is 1. The lowest BCUT2D eigenvalue weighted by Crippen LogP contribution is -2.35. The van der Waals surface area contributed by atoms with E-state index in [1.54, 1.807) is 12.1 Å². The van der Waals surface area contributed by atoms with Crippen LogP contribution in [-0.2, 0) is 16.6 Å². The van der Waals surface area contributed by atoms with Crippen LogP contribution < -0.4 is 0 Å². The van der Waals surface area contributed by atoms with Gasteiger partial charge >= 0.3 is 0 Å². The summed E-state index contributed by atoms with van der Waals surface area (Å²) in [6.07, 6.45) is 0.590. The van der Waals surface area contributed by atoms with Crippen molar-refractivity contribution in [2.75, 3.05) is 26.2 Å². The van der Waals surface area contributed by atoms with E-state index in [0.29, 0.717) is 31.6 Å². The van der Waals surface area contributed by atoms with E-state index in [1.807, 2.05) is 12.1 Å². The van der Waals surface area contributed by atoms with Crippen molar-refractivity contribution < 1.29 is 17.2 Å². The maximum absolute atomic E-state index is 13.9. The summed E-state index contributed by atoms with van der Waals surface area (Å²) in [5, 5.41) is 8.85. The molecular weight excluding hydrogens is 372 g/mol. The highest BCUT2D eigenvalue weighted by Gasteiger charge is 2.29. The second kappa shape index (κ2) is 8.13. The second-order valence-corrected chi connectivity index (χ2v) is 8.32. The molecule has 0 aromatic heterocycles. The van der Waals surface area contributed by atoms with E-state index < -0.39 is 26.6 Å². The summed E-state index contributed by atoms with van der Waals surface area (Å²) >= 11 is 0. The molecule has 2 aromatic rings. The van der Waals surface area contributed by atoms with Gasteiger partial charge in [0, 0.05) is 26.2 Å². The van der Waals surface area contributed by atoms with Crippen molar-refractivity contribution in [2.45, 2.75) is 17.9 Å². The molecule has 3 rings (SSSR count). The Balaban J connectivity index is 1.70. The predicted molar refractivity (Wildman–Crippen MR) is 96.2 cm³/mol. The van der Waals surface area contributed by atoms with Crippen LogP contribution in [0.25, 0.3) is 0 Å². The smallest absolute Gasteiger partial charge is 0.246 e. The van der Waals surface area contributed by atoms with Crippen molar-refractivity contribution >= 4 is 10.0 Å². The zero-order valence-electron chi connectivity index (χ0n) is 14.6. The van der Waals surface area contributed by atoms with E-state index >= 15 is 0 Å². The minimum absolute atomic E-state index is 0.203. The van der Waals surface area contributed by atoms with Crippen LogP contribution in [0.1, 0.15) is 17.5 Å². The van der Waals surface area contributed by atoms with E-state index in [2.05, 4.69) is 11.0 Å². The number of nitriles is 1.